The molecule has 7 nitrogen and oxygen atoms in total. The van der Waals surface area contributed by atoms with Crippen LogP contribution in [-0.4, -0.2) is 35.8 Å². The number of pyridine rings is 2. The highest BCUT2D eigenvalue weighted by Gasteiger charge is 2.18. The van der Waals surface area contributed by atoms with E-state index >= 15 is 0 Å². The zero-order chi connectivity index (χ0) is 20.7. The topological polar surface area (TPSA) is 99.4 Å². The van der Waals surface area contributed by atoms with Crippen molar-refractivity contribution in [1.29, 1.82) is 0 Å². The maximum absolute atomic E-state index is 13.5. The van der Waals surface area contributed by atoms with Gasteiger partial charge in [0.05, 0.1) is 24.6 Å². The van der Waals surface area contributed by atoms with E-state index in [1.54, 1.807) is 6.07 Å². The lowest BCUT2D eigenvalue weighted by atomic mass is 10.1. The molecule has 0 aliphatic heterocycles. The van der Waals surface area contributed by atoms with Crippen molar-refractivity contribution in [3.05, 3.63) is 36.2 Å². The summed E-state index contributed by atoms with van der Waals surface area (Å²) >= 11 is 0. The number of rotatable bonds is 8. The Morgan fingerprint density at radius 3 is 2.68 bits per heavy atom. The third-order valence-electron chi connectivity index (χ3n) is 3.83. The van der Waals surface area contributed by atoms with Crippen LogP contribution in [0.25, 0.3) is 11.3 Å². The second kappa shape index (κ2) is 9.93. The van der Waals surface area contributed by atoms with E-state index in [9.17, 15) is 13.6 Å². The molecule has 0 saturated heterocycles. The van der Waals surface area contributed by atoms with E-state index in [0.717, 1.165) is 6.42 Å². The largest absolute Gasteiger partial charge is 0.490 e. The van der Waals surface area contributed by atoms with Crippen LogP contribution in [-0.2, 0) is 4.74 Å². The number of carbonyl (C=O) groups excluding carboxylic acids is 1. The minimum atomic E-state index is -2.74. The van der Waals surface area contributed by atoms with Crippen LogP contribution < -0.4 is 15.8 Å². The Hall–Kier alpha value is -2.81. The van der Waals surface area contributed by atoms with Crippen molar-refractivity contribution in [2.75, 3.05) is 19.0 Å². The van der Waals surface area contributed by atoms with E-state index in [1.807, 2.05) is 13.8 Å². The van der Waals surface area contributed by atoms with Crippen molar-refractivity contribution in [2.24, 2.45) is 11.7 Å². The second-order valence-electron chi connectivity index (χ2n) is 6.66. The Balaban J connectivity index is 2.22. The van der Waals surface area contributed by atoms with Gasteiger partial charge in [-0.3, -0.25) is 10.3 Å². The molecule has 0 aromatic carbocycles. The number of anilines is 1. The third-order valence-corrected chi connectivity index (χ3v) is 3.83. The van der Waals surface area contributed by atoms with Gasteiger partial charge in [-0.2, -0.15) is 0 Å². The molecule has 0 bridgehead atoms. The smallest absolute Gasteiger partial charge is 0.412 e. The van der Waals surface area contributed by atoms with Crippen molar-refractivity contribution in [3.8, 4) is 17.0 Å². The lowest BCUT2D eigenvalue weighted by Crippen LogP contribution is -2.29. The summed E-state index contributed by atoms with van der Waals surface area (Å²) < 4.78 is 37.1. The minimum Gasteiger partial charge on any atom is -0.490 e. The van der Waals surface area contributed by atoms with Gasteiger partial charge < -0.3 is 15.2 Å². The molecule has 2 aromatic heterocycles. The molecular formula is C19H24F2N4O3. The van der Waals surface area contributed by atoms with Crippen LogP contribution in [0.15, 0.2) is 30.6 Å². The molecule has 0 aliphatic rings. The van der Waals surface area contributed by atoms with Gasteiger partial charge in [0.25, 0.3) is 6.43 Å². The van der Waals surface area contributed by atoms with E-state index in [2.05, 4.69) is 20.0 Å². The number of halogens is 2. The number of hydrogen-bond donors (Lipinski definition) is 2. The zero-order valence-electron chi connectivity index (χ0n) is 16.0. The van der Waals surface area contributed by atoms with E-state index in [1.165, 1.54) is 31.6 Å². The number of ether oxygens (including phenoxy) is 2. The molecule has 28 heavy (non-hydrogen) atoms. The van der Waals surface area contributed by atoms with Gasteiger partial charge in [0.15, 0.2) is 0 Å². The van der Waals surface area contributed by atoms with Crippen molar-refractivity contribution in [1.82, 2.24) is 9.97 Å². The summed E-state index contributed by atoms with van der Waals surface area (Å²) in [4.78, 5) is 19.5. The van der Waals surface area contributed by atoms with Crippen LogP contribution in [0, 0.1) is 5.92 Å². The van der Waals surface area contributed by atoms with Gasteiger partial charge in [0, 0.05) is 17.8 Å². The Bertz CT molecular complexity index is 802. The summed E-state index contributed by atoms with van der Waals surface area (Å²) in [7, 11) is 1.22. The number of aromatic nitrogens is 2. The molecule has 9 heteroatoms. The number of methoxy groups -OCH3 is 1. The quantitative estimate of drug-likeness (QED) is 0.702. The summed E-state index contributed by atoms with van der Waals surface area (Å²) in [6.07, 6.45) is -0.0190. The molecule has 2 aromatic rings. The van der Waals surface area contributed by atoms with Crippen LogP contribution in [0.5, 0.6) is 5.75 Å². The minimum absolute atomic E-state index is 0.0000727. The van der Waals surface area contributed by atoms with E-state index in [4.69, 9.17) is 10.5 Å². The van der Waals surface area contributed by atoms with Gasteiger partial charge in [-0.1, -0.05) is 13.8 Å². The van der Waals surface area contributed by atoms with Gasteiger partial charge in [-0.05, 0) is 30.5 Å². The molecule has 1 atom stereocenters. The number of nitrogens with one attached hydrogen (secondary N) is 1. The predicted octanol–water partition coefficient (Wildman–Crippen LogP) is 4.01. The number of amides is 1. The summed E-state index contributed by atoms with van der Waals surface area (Å²) in [6, 6.07) is 4.11. The van der Waals surface area contributed by atoms with E-state index in [0.29, 0.717) is 17.2 Å². The number of carbonyl (C=O) groups is 1. The van der Waals surface area contributed by atoms with Gasteiger partial charge in [-0.15, -0.1) is 0 Å². The molecule has 2 heterocycles. The van der Waals surface area contributed by atoms with Crippen molar-refractivity contribution >= 4 is 11.9 Å². The van der Waals surface area contributed by atoms with Crippen LogP contribution in [0.4, 0.5) is 19.4 Å². The first-order valence-corrected chi connectivity index (χ1v) is 8.78. The monoisotopic (exact) mass is 394 g/mol. The summed E-state index contributed by atoms with van der Waals surface area (Å²) in [5, 5.41) is 2.41. The molecule has 0 spiro atoms. The highest BCUT2D eigenvalue weighted by atomic mass is 19.3. The first-order valence-electron chi connectivity index (χ1n) is 8.78. The van der Waals surface area contributed by atoms with Gasteiger partial charge >= 0.3 is 6.09 Å². The van der Waals surface area contributed by atoms with Crippen molar-refractivity contribution in [3.63, 3.8) is 0 Å². The fraction of sp³-hybridized carbons (Fsp3) is 0.421. The molecule has 152 valence electrons. The first kappa shape index (κ1) is 21.5. The molecule has 0 saturated carbocycles. The van der Waals surface area contributed by atoms with E-state index in [-0.39, 0.29) is 29.8 Å². The number of hydrogen-bond acceptors (Lipinski definition) is 6. The second-order valence-corrected chi connectivity index (χ2v) is 6.66. The van der Waals surface area contributed by atoms with Crippen molar-refractivity contribution < 1.29 is 23.0 Å². The lowest BCUT2D eigenvalue weighted by molar-refractivity contribution is 0.143. The Kier molecular flexibility index (Phi) is 7.62. The summed E-state index contributed by atoms with van der Waals surface area (Å²) in [5.74, 6) is 0.595. The maximum atomic E-state index is 13.5. The molecule has 0 aliphatic carbocycles. The van der Waals surface area contributed by atoms with Crippen LogP contribution in [0.1, 0.15) is 32.3 Å². The van der Waals surface area contributed by atoms with E-state index < -0.39 is 12.5 Å². The molecule has 0 fully saturated rings. The number of nitrogens with two attached hydrogens (primary N) is 1. The van der Waals surface area contributed by atoms with Gasteiger partial charge in [-0.25, -0.2) is 18.6 Å². The highest BCUT2D eigenvalue weighted by molar-refractivity contribution is 5.84. The normalized spacial score (nSPS) is 12.1. The summed E-state index contributed by atoms with van der Waals surface area (Å²) in [6.45, 7) is 4.18. The van der Waals surface area contributed by atoms with Crippen LogP contribution in [0.2, 0.25) is 0 Å². The maximum Gasteiger partial charge on any atom is 0.412 e. The highest BCUT2D eigenvalue weighted by Crippen LogP contribution is 2.32. The fourth-order valence-corrected chi connectivity index (χ4v) is 2.59. The first-order chi connectivity index (χ1) is 13.3. The molecule has 2 rings (SSSR count). The Labute approximate surface area is 162 Å². The average Bonchev–Trinajstić information content (AvgIpc) is 2.65. The SMILES string of the molecule is COC(=O)Nc1cc(-c2cc(C(F)F)c(OC[C@H](N)CC(C)C)cn2)ccn1. The number of nitrogens with zero attached hydrogens (tertiary/aromatic N) is 2. The lowest BCUT2D eigenvalue weighted by Gasteiger charge is -2.17. The molecular weight excluding hydrogens is 370 g/mol. The number of alkyl halides is 2. The molecule has 3 N–H and O–H groups in total. The van der Waals surface area contributed by atoms with Crippen LogP contribution in [0.3, 0.4) is 0 Å². The zero-order valence-corrected chi connectivity index (χ0v) is 16.0. The molecule has 1 amide bonds. The van der Waals surface area contributed by atoms with Crippen LogP contribution >= 0.6 is 0 Å². The third kappa shape index (κ3) is 6.12. The summed E-state index contributed by atoms with van der Waals surface area (Å²) in [5.41, 5.74) is 6.48. The standard InChI is InChI=1S/C19H24F2N4O3/c1-11(2)6-13(22)10-28-16-9-24-15(8-14(16)18(20)21)12-4-5-23-17(7-12)25-19(26)27-3/h4-5,7-9,11,13,18H,6,10,22H2,1-3H3,(H,23,25,26)/t13-/m1/s1. The molecule has 0 radical (unpaired) electrons. The average molecular weight is 394 g/mol. The Morgan fingerprint density at radius 1 is 1.29 bits per heavy atom. The molecule has 0 unspecified atom stereocenters. The predicted molar refractivity (Wildman–Crippen MR) is 101 cm³/mol. The van der Waals surface area contributed by atoms with Gasteiger partial charge in [0.2, 0.25) is 0 Å². The fourth-order valence-electron chi connectivity index (χ4n) is 2.59. The van der Waals surface area contributed by atoms with Gasteiger partial charge in [0.1, 0.15) is 18.2 Å². The Morgan fingerprint density at radius 2 is 2.04 bits per heavy atom. The van der Waals surface area contributed by atoms with Crippen molar-refractivity contribution in [2.45, 2.75) is 32.7 Å².